The van der Waals surface area contributed by atoms with Crippen LogP contribution >= 0.6 is 0 Å². The summed E-state index contributed by atoms with van der Waals surface area (Å²) in [5, 5.41) is 19.0. The number of aliphatic hydroxyl groups is 1. The molecule has 0 radical (unpaired) electrons. The van der Waals surface area contributed by atoms with Crippen molar-refractivity contribution in [3.63, 3.8) is 0 Å². The molecule has 1 saturated carbocycles. The molecule has 1 rings (SSSR count). The van der Waals surface area contributed by atoms with Crippen molar-refractivity contribution in [2.24, 2.45) is 17.8 Å². The predicted octanol–water partition coefficient (Wildman–Crippen LogP) is 1.75. The number of carbonyl (C=O) groups excluding carboxylic acids is 3. The Hall–Kier alpha value is -1.76. The van der Waals surface area contributed by atoms with E-state index in [0.29, 0.717) is 25.7 Å². The molecule has 0 heterocycles. The third-order valence-corrected chi connectivity index (χ3v) is 4.92. The molecule has 1 aliphatic carbocycles. The van der Waals surface area contributed by atoms with E-state index < -0.39 is 18.0 Å². The Labute approximate surface area is 147 Å². The zero-order valence-electron chi connectivity index (χ0n) is 14.9. The normalized spacial score (nSPS) is 24.1. The summed E-state index contributed by atoms with van der Waals surface area (Å²) in [5.41, 5.74) is 0. The SMILES string of the molecule is COC(=O)CCCCC(=O)CCC1C(O)CC(=O)C1C(C)CC(=O)O. The van der Waals surface area contributed by atoms with Crippen molar-refractivity contribution in [2.45, 2.75) is 64.4 Å². The molecule has 4 unspecified atom stereocenters. The monoisotopic (exact) mass is 356 g/mol. The average Bonchev–Trinajstić information content (AvgIpc) is 2.82. The first kappa shape index (κ1) is 21.3. The Morgan fingerprint density at radius 3 is 2.44 bits per heavy atom. The van der Waals surface area contributed by atoms with Gasteiger partial charge in [-0.15, -0.1) is 0 Å². The fraction of sp³-hybridized carbons (Fsp3) is 0.778. The number of Topliss-reactive ketones (excluding diaryl/α,β-unsaturated/α-hetero) is 2. The van der Waals surface area contributed by atoms with Crippen molar-refractivity contribution in [1.82, 2.24) is 0 Å². The number of unbranched alkanes of at least 4 members (excludes halogenated alkanes) is 1. The summed E-state index contributed by atoms with van der Waals surface area (Å²) in [6.45, 7) is 1.70. The van der Waals surface area contributed by atoms with E-state index in [-0.39, 0.29) is 55.1 Å². The second-order valence-electron chi connectivity index (χ2n) is 6.86. The summed E-state index contributed by atoms with van der Waals surface area (Å²) < 4.78 is 4.53. The molecule has 7 heteroatoms. The molecule has 0 bridgehead atoms. The molecule has 0 spiro atoms. The lowest BCUT2D eigenvalue weighted by Crippen LogP contribution is -2.28. The second kappa shape index (κ2) is 10.3. The Bertz CT molecular complexity index is 500. The van der Waals surface area contributed by atoms with Gasteiger partial charge in [0.2, 0.25) is 0 Å². The van der Waals surface area contributed by atoms with Crippen LogP contribution in [0, 0.1) is 17.8 Å². The van der Waals surface area contributed by atoms with Gasteiger partial charge in [0.1, 0.15) is 11.6 Å². The quantitative estimate of drug-likeness (QED) is 0.427. The fourth-order valence-electron chi connectivity index (χ4n) is 3.63. The van der Waals surface area contributed by atoms with E-state index in [2.05, 4.69) is 4.74 Å². The van der Waals surface area contributed by atoms with Crippen LogP contribution in [-0.2, 0) is 23.9 Å². The lowest BCUT2D eigenvalue weighted by Gasteiger charge is -2.25. The molecule has 0 amide bonds. The van der Waals surface area contributed by atoms with Gasteiger partial charge in [0.25, 0.3) is 0 Å². The van der Waals surface area contributed by atoms with Gasteiger partial charge in [-0.1, -0.05) is 6.92 Å². The number of aliphatic carboxylic acids is 1. The highest BCUT2D eigenvalue weighted by Gasteiger charge is 2.44. The molecule has 142 valence electrons. The van der Waals surface area contributed by atoms with Crippen LogP contribution in [0.1, 0.15) is 58.3 Å². The van der Waals surface area contributed by atoms with Crippen LogP contribution in [0.4, 0.5) is 0 Å². The smallest absolute Gasteiger partial charge is 0.305 e. The highest BCUT2D eigenvalue weighted by Crippen LogP contribution is 2.38. The van der Waals surface area contributed by atoms with E-state index in [4.69, 9.17) is 5.11 Å². The molecule has 25 heavy (non-hydrogen) atoms. The minimum atomic E-state index is -0.970. The van der Waals surface area contributed by atoms with Crippen LogP contribution in [0.25, 0.3) is 0 Å². The zero-order valence-corrected chi connectivity index (χ0v) is 14.9. The first-order valence-corrected chi connectivity index (χ1v) is 8.77. The summed E-state index contributed by atoms with van der Waals surface area (Å²) in [6.07, 6.45) is 1.56. The largest absolute Gasteiger partial charge is 0.481 e. The van der Waals surface area contributed by atoms with E-state index >= 15 is 0 Å². The average molecular weight is 356 g/mol. The van der Waals surface area contributed by atoms with Gasteiger partial charge in [0, 0.05) is 38.0 Å². The standard InChI is InChI=1S/C18H28O7/c1-11(9-16(22)23)18-13(14(20)10-15(18)21)8-7-12(19)5-3-4-6-17(24)25-2/h11,13-14,18,20H,3-10H2,1-2H3,(H,22,23). The minimum Gasteiger partial charge on any atom is -0.481 e. The van der Waals surface area contributed by atoms with E-state index in [9.17, 15) is 24.3 Å². The molecular weight excluding hydrogens is 328 g/mol. The van der Waals surface area contributed by atoms with Gasteiger partial charge in [-0.2, -0.15) is 0 Å². The Morgan fingerprint density at radius 2 is 1.84 bits per heavy atom. The number of aliphatic hydroxyl groups excluding tert-OH is 1. The van der Waals surface area contributed by atoms with Crippen molar-refractivity contribution in [3.05, 3.63) is 0 Å². The number of hydrogen-bond acceptors (Lipinski definition) is 6. The van der Waals surface area contributed by atoms with E-state index in [1.807, 2.05) is 0 Å². The van der Waals surface area contributed by atoms with Crippen molar-refractivity contribution in [1.29, 1.82) is 0 Å². The van der Waals surface area contributed by atoms with Gasteiger partial charge in [-0.05, 0) is 31.1 Å². The highest BCUT2D eigenvalue weighted by molar-refractivity contribution is 5.85. The first-order valence-electron chi connectivity index (χ1n) is 8.77. The van der Waals surface area contributed by atoms with Crippen LogP contribution in [-0.4, -0.2) is 46.9 Å². The molecule has 1 aliphatic rings. The number of ketones is 2. The number of esters is 1. The maximum absolute atomic E-state index is 12.1. The highest BCUT2D eigenvalue weighted by atomic mass is 16.5. The molecule has 0 aromatic rings. The Balaban J connectivity index is 2.44. The number of rotatable bonds is 11. The van der Waals surface area contributed by atoms with Crippen molar-refractivity contribution in [3.8, 4) is 0 Å². The number of carbonyl (C=O) groups is 4. The third-order valence-electron chi connectivity index (χ3n) is 4.92. The molecule has 2 N–H and O–H groups in total. The summed E-state index contributed by atoms with van der Waals surface area (Å²) in [5.74, 6) is -2.57. The number of methoxy groups -OCH3 is 1. The molecule has 0 aromatic heterocycles. The molecule has 4 atom stereocenters. The zero-order chi connectivity index (χ0) is 19.0. The number of hydrogen-bond donors (Lipinski definition) is 2. The molecule has 0 aliphatic heterocycles. The summed E-state index contributed by atoms with van der Waals surface area (Å²) >= 11 is 0. The van der Waals surface area contributed by atoms with Gasteiger partial charge in [0.05, 0.1) is 13.2 Å². The second-order valence-corrected chi connectivity index (χ2v) is 6.86. The van der Waals surface area contributed by atoms with Crippen LogP contribution in [0.15, 0.2) is 0 Å². The minimum absolute atomic E-state index is 0.0288. The van der Waals surface area contributed by atoms with Crippen LogP contribution in [0.2, 0.25) is 0 Å². The van der Waals surface area contributed by atoms with E-state index in [1.165, 1.54) is 7.11 Å². The fourth-order valence-corrected chi connectivity index (χ4v) is 3.63. The van der Waals surface area contributed by atoms with Crippen molar-refractivity contribution < 1.29 is 34.1 Å². The predicted molar refractivity (Wildman–Crippen MR) is 88.8 cm³/mol. The van der Waals surface area contributed by atoms with Crippen LogP contribution in [0.5, 0.6) is 0 Å². The van der Waals surface area contributed by atoms with Gasteiger partial charge < -0.3 is 14.9 Å². The number of carboxylic acids is 1. The van der Waals surface area contributed by atoms with E-state index in [0.717, 1.165) is 0 Å². The van der Waals surface area contributed by atoms with Crippen LogP contribution in [0.3, 0.4) is 0 Å². The van der Waals surface area contributed by atoms with Crippen molar-refractivity contribution >= 4 is 23.5 Å². The molecule has 7 nitrogen and oxygen atoms in total. The maximum Gasteiger partial charge on any atom is 0.305 e. The third kappa shape index (κ3) is 6.94. The number of carboxylic acid groups (broad SMARTS) is 1. The van der Waals surface area contributed by atoms with Gasteiger partial charge in [-0.25, -0.2) is 0 Å². The number of ether oxygens (including phenoxy) is 1. The molecule has 0 saturated heterocycles. The summed E-state index contributed by atoms with van der Waals surface area (Å²) in [7, 11) is 1.32. The van der Waals surface area contributed by atoms with Gasteiger partial charge in [-0.3, -0.25) is 19.2 Å². The Morgan fingerprint density at radius 1 is 1.20 bits per heavy atom. The summed E-state index contributed by atoms with van der Waals surface area (Å²) in [4.78, 5) is 45.9. The lowest BCUT2D eigenvalue weighted by atomic mass is 9.79. The molecule has 0 aromatic carbocycles. The summed E-state index contributed by atoms with van der Waals surface area (Å²) in [6, 6.07) is 0. The lowest BCUT2D eigenvalue weighted by molar-refractivity contribution is -0.141. The van der Waals surface area contributed by atoms with Gasteiger partial charge >= 0.3 is 11.9 Å². The molecular formula is C18H28O7. The Kier molecular flexibility index (Phi) is 8.75. The van der Waals surface area contributed by atoms with E-state index in [1.54, 1.807) is 6.92 Å². The topological polar surface area (TPSA) is 118 Å². The van der Waals surface area contributed by atoms with Gasteiger partial charge in [0.15, 0.2) is 0 Å². The van der Waals surface area contributed by atoms with Crippen LogP contribution < -0.4 is 0 Å². The first-order chi connectivity index (χ1) is 11.8. The van der Waals surface area contributed by atoms with Crippen molar-refractivity contribution in [2.75, 3.05) is 7.11 Å². The maximum atomic E-state index is 12.1. The molecule has 1 fully saturated rings.